The molecule has 0 aliphatic carbocycles. The van der Waals surface area contributed by atoms with Crippen LogP contribution in [-0.2, 0) is 4.79 Å². The van der Waals surface area contributed by atoms with E-state index < -0.39 is 11.4 Å². The summed E-state index contributed by atoms with van der Waals surface area (Å²) in [5, 5.41) is 3.83. The molecule has 0 spiro atoms. The Morgan fingerprint density at radius 1 is 1.00 bits per heavy atom. The van der Waals surface area contributed by atoms with Crippen LogP contribution in [0.25, 0.3) is 27.6 Å². The Morgan fingerprint density at radius 3 is 2.53 bits per heavy atom. The smallest absolute Gasteiger partial charge is 0.283 e. The molecule has 0 saturated heterocycles. The molecule has 8 heteroatoms. The van der Waals surface area contributed by atoms with E-state index in [-0.39, 0.29) is 28.0 Å². The Labute approximate surface area is 186 Å². The van der Waals surface area contributed by atoms with E-state index in [9.17, 15) is 14.0 Å². The van der Waals surface area contributed by atoms with Gasteiger partial charge in [0.15, 0.2) is 5.16 Å². The summed E-state index contributed by atoms with van der Waals surface area (Å²) in [6.07, 6.45) is 0. The first-order valence-electron chi connectivity index (χ1n) is 9.88. The van der Waals surface area contributed by atoms with Gasteiger partial charge in [0.1, 0.15) is 16.9 Å². The van der Waals surface area contributed by atoms with Gasteiger partial charge < -0.3 is 10.3 Å². The SMILES string of the molecule is O=C(CSc1nc2c([nH]c3ccccc32)c(=O)n1-c1ccccc1F)Nc1ccccc1. The summed E-state index contributed by atoms with van der Waals surface area (Å²) in [4.78, 5) is 33.7. The van der Waals surface area contributed by atoms with Crippen LogP contribution < -0.4 is 10.9 Å². The van der Waals surface area contributed by atoms with E-state index in [1.807, 2.05) is 42.5 Å². The fourth-order valence-electron chi connectivity index (χ4n) is 3.53. The first-order chi connectivity index (χ1) is 15.6. The maximum atomic E-state index is 14.6. The number of aromatic nitrogens is 3. The summed E-state index contributed by atoms with van der Waals surface area (Å²) >= 11 is 1.08. The number of H-pyrrole nitrogens is 1. The molecular weight excluding hydrogens is 427 g/mol. The number of aromatic amines is 1. The van der Waals surface area contributed by atoms with Crippen molar-refractivity contribution >= 4 is 45.3 Å². The highest BCUT2D eigenvalue weighted by atomic mass is 32.2. The average molecular weight is 444 g/mol. The molecule has 2 N–H and O–H groups in total. The number of anilines is 1. The second-order valence-corrected chi connectivity index (χ2v) is 8.03. The largest absolute Gasteiger partial charge is 0.349 e. The maximum Gasteiger partial charge on any atom is 0.283 e. The van der Waals surface area contributed by atoms with E-state index >= 15 is 0 Å². The molecule has 158 valence electrons. The normalized spacial score (nSPS) is 11.2. The predicted molar refractivity (Wildman–Crippen MR) is 125 cm³/mol. The summed E-state index contributed by atoms with van der Waals surface area (Å²) in [6.45, 7) is 0. The summed E-state index contributed by atoms with van der Waals surface area (Å²) in [5.74, 6) is -0.805. The third kappa shape index (κ3) is 3.65. The fourth-order valence-corrected chi connectivity index (χ4v) is 4.33. The first kappa shape index (κ1) is 20.0. The Balaban J connectivity index is 1.60. The number of carbonyl (C=O) groups is 1. The molecule has 0 unspecified atom stereocenters. The molecule has 1 amide bonds. The van der Waals surface area contributed by atoms with Crippen LogP contribution in [0.15, 0.2) is 88.8 Å². The van der Waals surface area contributed by atoms with Crippen LogP contribution in [0.1, 0.15) is 0 Å². The number of hydrogen-bond donors (Lipinski definition) is 2. The van der Waals surface area contributed by atoms with Gasteiger partial charge in [-0.3, -0.25) is 14.2 Å². The number of amides is 1. The lowest BCUT2D eigenvalue weighted by Gasteiger charge is -2.13. The lowest BCUT2D eigenvalue weighted by molar-refractivity contribution is -0.113. The molecule has 5 rings (SSSR count). The van der Waals surface area contributed by atoms with Crippen LogP contribution in [0, 0.1) is 5.82 Å². The minimum Gasteiger partial charge on any atom is -0.349 e. The minimum absolute atomic E-state index is 0.00362. The molecular formula is C24H17FN4O2S. The van der Waals surface area contributed by atoms with Crippen molar-refractivity contribution in [2.24, 2.45) is 0 Å². The van der Waals surface area contributed by atoms with Crippen molar-refractivity contribution in [1.82, 2.24) is 14.5 Å². The third-order valence-electron chi connectivity index (χ3n) is 4.98. The number of carbonyl (C=O) groups excluding carboxylic acids is 1. The predicted octanol–water partition coefficient (Wildman–Crippen LogP) is 4.74. The number of thioether (sulfide) groups is 1. The van der Waals surface area contributed by atoms with Crippen LogP contribution >= 0.6 is 11.8 Å². The summed E-state index contributed by atoms with van der Waals surface area (Å²) in [7, 11) is 0. The van der Waals surface area contributed by atoms with Crippen molar-refractivity contribution < 1.29 is 9.18 Å². The van der Waals surface area contributed by atoms with Gasteiger partial charge in [0.25, 0.3) is 5.56 Å². The van der Waals surface area contributed by atoms with E-state index in [2.05, 4.69) is 15.3 Å². The van der Waals surface area contributed by atoms with Crippen LogP contribution in [0.3, 0.4) is 0 Å². The van der Waals surface area contributed by atoms with Crippen molar-refractivity contribution in [1.29, 1.82) is 0 Å². The summed E-state index contributed by atoms with van der Waals surface area (Å²) < 4.78 is 15.9. The van der Waals surface area contributed by atoms with E-state index in [1.165, 1.54) is 16.7 Å². The molecule has 0 radical (unpaired) electrons. The second-order valence-electron chi connectivity index (χ2n) is 7.08. The second kappa shape index (κ2) is 8.32. The Kier molecular flexibility index (Phi) is 5.20. The number of halogens is 1. The topological polar surface area (TPSA) is 79.8 Å². The molecule has 3 aromatic carbocycles. The van der Waals surface area contributed by atoms with Gasteiger partial charge in [0, 0.05) is 16.6 Å². The Bertz CT molecular complexity index is 1510. The van der Waals surface area contributed by atoms with Crippen LogP contribution in [0.5, 0.6) is 0 Å². The number of para-hydroxylation sites is 3. The number of nitrogens with zero attached hydrogens (tertiary/aromatic N) is 2. The average Bonchev–Trinajstić information content (AvgIpc) is 3.18. The van der Waals surface area contributed by atoms with Crippen molar-refractivity contribution in [3.63, 3.8) is 0 Å². The van der Waals surface area contributed by atoms with Gasteiger partial charge >= 0.3 is 0 Å². The summed E-state index contributed by atoms with van der Waals surface area (Å²) in [6, 6.07) is 22.5. The van der Waals surface area contributed by atoms with Gasteiger partial charge in [0.05, 0.1) is 11.4 Å². The van der Waals surface area contributed by atoms with Gasteiger partial charge in [-0.05, 0) is 30.3 Å². The third-order valence-corrected chi connectivity index (χ3v) is 5.92. The van der Waals surface area contributed by atoms with Gasteiger partial charge in [-0.1, -0.05) is 60.3 Å². The molecule has 0 bridgehead atoms. The molecule has 5 aromatic rings. The van der Waals surface area contributed by atoms with Gasteiger partial charge in [-0.25, -0.2) is 9.37 Å². The molecule has 32 heavy (non-hydrogen) atoms. The number of nitrogens with one attached hydrogen (secondary N) is 2. The monoisotopic (exact) mass is 444 g/mol. The zero-order chi connectivity index (χ0) is 22.1. The Morgan fingerprint density at radius 2 is 1.72 bits per heavy atom. The van der Waals surface area contributed by atoms with Crippen molar-refractivity contribution in [3.8, 4) is 5.69 Å². The first-order valence-corrected chi connectivity index (χ1v) is 10.9. The highest BCUT2D eigenvalue weighted by Gasteiger charge is 2.19. The maximum absolute atomic E-state index is 14.6. The van der Waals surface area contributed by atoms with Crippen LogP contribution in [0.2, 0.25) is 0 Å². The van der Waals surface area contributed by atoms with Gasteiger partial charge in [-0.15, -0.1) is 0 Å². The fraction of sp³-hybridized carbons (Fsp3) is 0.0417. The molecule has 0 fully saturated rings. The number of benzene rings is 3. The van der Waals surface area contributed by atoms with Crippen molar-refractivity contribution in [3.05, 3.63) is 95.0 Å². The molecule has 0 aliphatic rings. The van der Waals surface area contributed by atoms with E-state index in [0.29, 0.717) is 11.2 Å². The van der Waals surface area contributed by atoms with E-state index in [4.69, 9.17) is 0 Å². The molecule has 0 atom stereocenters. The highest BCUT2D eigenvalue weighted by molar-refractivity contribution is 7.99. The zero-order valence-electron chi connectivity index (χ0n) is 16.7. The highest BCUT2D eigenvalue weighted by Crippen LogP contribution is 2.27. The zero-order valence-corrected chi connectivity index (χ0v) is 17.5. The number of rotatable bonds is 5. The van der Waals surface area contributed by atoms with E-state index in [0.717, 1.165) is 22.7 Å². The lowest BCUT2D eigenvalue weighted by Crippen LogP contribution is -2.23. The molecule has 0 saturated carbocycles. The summed E-state index contributed by atoms with van der Waals surface area (Å²) in [5.41, 5.74) is 1.86. The van der Waals surface area contributed by atoms with Gasteiger partial charge in [0.2, 0.25) is 5.91 Å². The molecule has 6 nitrogen and oxygen atoms in total. The van der Waals surface area contributed by atoms with Crippen LogP contribution in [-0.4, -0.2) is 26.2 Å². The number of fused-ring (bicyclic) bond motifs is 3. The van der Waals surface area contributed by atoms with Crippen molar-refractivity contribution in [2.75, 3.05) is 11.1 Å². The Hall–Kier alpha value is -3.91. The number of hydrogen-bond acceptors (Lipinski definition) is 4. The van der Waals surface area contributed by atoms with Gasteiger partial charge in [-0.2, -0.15) is 0 Å². The molecule has 2 heterocycles. The minimum atomic E-state index is -0.553. The van der Waals surface area contributed by atoms with Crippen LogP contribution in [0.4, 0.5) is 10.1 Å². The van der Waals surface area contributed by atoms with Crippen molar-refractivity contribution in [2.45, 2.75) is 5.16 Å². The molecule has 2 aromatic heterocycles. The standard InChI is InChI=1S/C24H17FN4O2S/c25-17-11-5-7-13-19(17)29-23(31)22-21(16-10-4-6-12-18(16)27-22)28-24(29)32-14-20(30)26-15-8-2-1-3-9-15/h1-13,27H,14H2,(H,26,30). The lowest BCUT2D eigenvalue weighted by atomic mass is 10.2. The van der Waals surface area contributed by atoms with E-state index in [1.54, 1.807) is 24.3 Å². The quantitative estimate of drug-likeness (QED) is 0.303. The molecule has 0 aliphatic heterocycles.